The number of hydrogen-bond donors (Lipinski definition) is 0. The van der Waals surface area contributed by atoms with Gasteiger partial charge in [0, 0.05) is 19.7 Å². The smallest absolute Gasteiger partial charge is 0.264 e. The second kappa shape index (κ2) is 10.6. The highest BCUT2D eigenvalue weighted by Gasteiger charge is 2.25. The van der Waals surface area contributed by atoms with Crippen LogP contribution in [-0.2, 0) is 11.3 Å². The van der Waals surface area contributed by atoms with E-state index < -0.39 is 11.6 Å². The van der Waals surface area contributed by atoms with Crippen LogP contribution in [0.15, 0.2) is 66.0 Å². The Morgan fingerprint density at radius 3 is 2.59 bits per heavy atom. The molecule has 4 rings (SSSR count). The van der Waals surface area contributed by atoms with Gasteiger partial charge in [0.1, 0.15) is 5.82 Å². The van der Waals surface area contributed by atoms with Gasteiger partial charge >= 0.3 is 0 Å². The van der Waals surface area contributed by atoms with Crippen LogP contribution in [-0.4, -0.2) is 40.8 Å². The molecule has 0 bridgehead atoms. The number of methoxy groups -OCH3 is 1. The van der Waals surface area contributed by atoms with Gasteiger partial charge in [-0.1, -0.05) is 24.3 Å². The highest BCUT2D eigenvalue weighted by Crippen LogP contribution is 2.33. The minimum atomic E-state index is -0.838. The second-order valence-corrected chi connectivity index (χ2v) is 8.44. The number of carbonyl (C=O) groups excluding carboxylic acids is 1. The number of rotatable bonds is 9. The number of aryl methyl sites for hydroxylation is 1. The van der Waals surface area contributed by atoms with Crippen LogP contribution in [0, 0.1) is 18.6 Å². The van der Waals surface area contributed by atoms with Gasteiger partial charge in [0.2, 0.25) is 5.88 Å². The maximum absolute atomic E-state index is 14.5. The molecule has 1 amide bonds. The van der Waals surface area contributed by atoms with Crippen LogP contribution in [0.4, 0.5) is 8.78 Å². The standard InChI is InChI=1S/C25H23F2N3O3S/c1-17-20(16-29(12-13-32-2)24(31)23-9-6-14-34-23)25(30(28-17)19-7-4-3-5-8-19)33-22-11-10-18(26)15-21(22)27/h3-11,14-15H,12-13,16H2,1-2H3. The molecule has 176 valence electrons. The molecule has 2 aromatic heterocycles. The lowest BCUT2D eigenvalue weighted by Gasteiger charge is -2.22. The van der Waals surface area contributed by atoms with Crippen LogP contribution < -0.4 is 4.74 Å². The molecule has 2 aromatic carbocycles. The van der Waals surface area contributed by atoms with Gasteiger partial charge in [0.05, 0.1) is 35.0 Å². The van der Waals surface area contributed by atoms with E-state index in [9.17, 15) is 13.6 Å². The van der Waals surface area contributed by atoms with Crippen LogP contribution in [0.1, 0.15) is 20.9 Å². The van der Waals surface area contributed by atoms with Crippen molar-refractivity contribution < 1.29 is 23.0 Å². The van der Waals surface area contributed by atoms with E-state index in [1.165, 1.54) is 17.4 Å². The molecular formula is C25H23F2N3O3S. The average molecular weight is 484 g/mol. The molecule has 0 aliphatic heterocycles. The SMILES string of the molecule is COCCN(Cc1c(C)nn(-c2ccccc2)c1Oc1ccc(F)cc1F)C(=O)c1cccs1. The molecule has 0 radical (unpaired) electrons. The largest absolute Gasteiger partial charge is 0.435 e. The zero-order chi connectivity index (χ0) is 24.1. The van der Waals surface area contributed by atoms with E-state index in [0.717, 1.165) is 12.1 Å². The van der Waals surface area contributed by atoms with Crippen molar-refractivity contribution in [2.75, 3.05) is 20.3 Å². The lowest BCUT2D eigenvalue weighted by molar-refractivity contribution is 0.0684. The molecule has 0 fully saturated rings. The second-order valence-electron chi connectivity index (χ2n) is 7.49. The number of nitrogens with zero attached hydrogens (tertiary/aromatic N) is 3. The van der Waals surface area contributed by atoms with Crippen LogP contribution in [0.3, 0.4) is 0 Å². The van der Waals surface area contributed by atoms with Crippen molar-refractivity contribution in [3.05, 3.63) is 93.8 Å². The van der Waals surface area contributed by atoms with Crippen LogP contribution in [0.5, 0.6) is 11.6 Å². The molecular weight excluding hydrogens is 460 g/mol. The number of halogens is 2. The van der Waals surface area contributed by atoms with Crippen molar-refractivity contribution >= 4 is 17.2 Å². The van der Waals surface area contributed by atoms with E-state index in [1.54, 1.807) is 29.7 Å². The Hall–Kier alpha value is -3.56. The number of amides is 1. The van der Waals surface area contributed by atoms with Crippen molar-refractivity contribution in [3.8, 4) is 17.3 Å². The number of para-hydroxylation sites is 1. The van der Waals surface area contributed by atoms with E-state index in [1.807, 2.05) is 41.8 Å². The number of aromatic nitrogens is 2. The molecule has 34 heavy (non-hydrogen) atoms. The van der Waals surface area contributed by atoms with Crippen molar-refractivity contribution in [2.45, 2.75) is 13.5 Å². The number of thiophene rings is 1. The fourth-order valence-corrected chi connectivity index (χ4v) is 4.12. The van der Waals surface area contributed by atoms with E-state index >= 15 is 0 Å². The molecule has 0 aliphatic rings. The van der Waals surface area contributed by atoms with Gasteiger partial charge in [-0.05, 0) is 42.6 Å². The van der Waals surface area contributed by atoms with Crippen LogP contribution >= 0.6 is 11.3 Å². The molecule has 6 nitrogen and oxygen atoms in total. The summed E-state index contributed by atoms with van der Waals surface area (Å²) in [6, 6.07) is 15.9. The third-order valence-electron chi connectivity index (χ3n) is 5.17. The average Bonchev–Trinajstić information content (AvgIpc) is 3.47. The highest BCUT2D eigenvalue weighted by molar-refractivity contribution is 7.12. The Balaban J connectivity index is 1.77. The Morgan fingerprint density at radius 1 is 1.12 bits per heavy atom. The Bertz CT molecular complexity index is 1260. The predicted octanol–water partition coefficient (Wildman–Crippen LogP) is 5.60. The first-order chi connectivity index (χ1) is 16.5. The Labute approximate surface area is 200 Å². The minimum absolute atomic E-state index is 0.146. The van der Waals surface area contributed by atoms with Gasteiger partial charge < -0.3 is 14.4 Å². The summed E-state index contributed by atoms with van der Waals surface area (Å²) in [5.41, 5.74) is 1.92. The topological polar surface area (TPSA) is 56.6 Å². The zero-order valence-corrected chi connectivity index (χ0v) is 19.5. The first-order valence-electron chi connectivity index (χ1n) is 10.6. The van der Waals surface area contributed by atoms with Crippen LogP contribution in [0.25, 0.3) is 5.69 Å². The van der Waals surface area contributed by atoms with E-state index in [0.29, 0.717) is 35.0 Å². The van der Waals surface area contributed by atoms with Crippen molar-refractivity contribution in [2.24, 2.45) is 0 Å². The van der Waals surface area contributed by atoms with Crippen molar-refractivity contribution in [1.29, 1.82) is 0 Å². The van der Waals surface area contributed by atoms with Gasteiger partial charge in [0.25, 0.3) is 5.91 Å². The third-order valence-corrected chi connectivity index (χ3v) is 6.03. The molecule has 9 heteroatoms. The van der Waals surface area contributed by atoms with E-state index in [-0.39, 0.29) is 24.1 Å². The maximum atomic E-state index is 14.5. The molecule has 0 saturated carbocycles. The summed E-state index contributed by atoms with van der Waals surface area (Å²) in [5.74, 6) is -1.60. The summed E-state index contributed by atoms with van der Waals surface area (Å²) in [5, 5.41) is 6.45. The van der Waals surface area contributed by atoms with Gasteiger partial charge in [-0.3, -0.25) is 4.79 Å². The van der Waals surface area contributed by atoms with E-state index in [4.69, 9.17) is 9.47 Å². The number of ether oxygens (including phenoxy) is 2. The molecule has 0 atom stereocenters. The molecule has 4 aromatic rings. The summed E-state index contributed by atoms with van der Waals surface area (Å²) < 4.78 is 40.7. The minimum Gasteiger partial charge on any atom is -0.435 e. The molecule has 2 heterocycles. The monoisotopic (exact) mass is 483 g/mol. The summed E-state index contributed by atoms with van der Waals surface area (Å²) in [6.07, 6.45) is 0. The summed E-state index contributed by atoms with van der Waals surface area (Å²) in [7, 11) is 1.57. The van der Waals surface area contributed by atoms with Gasteiger partial charge in [-0.25, -0.2) is 13.5 Å². The third kappa shape index (κ3) is 5.16. The summed E-state index contributed by atoms with van der Waals surface area (Å²) >= 11 is 1.35. The molecule has 0 saturated heterocycles. The molecule has 0 N–H and O–H groups in total. The fourth-order valence-electron chi connectivity index (χ4n) is 3.43. The quantitative estimate of drug-likeness (QED) is 0.311. The molecule has 0 spiro atoms. The first-order valence-corrected chi connectivity index (χ1v) is 11.4. The number of carbonyl (C=O) groups is 1. The lowest BCUT2D eigenvalue weighted by atomic mass is 10.2. The number of benzene rings is 2. The van der Waals surface area contributed by atoms with Gasteiger partial charge in [-0.2, -0.15) is 5.10 Å². The van der Waals surface area contributed by atoms with Gasteiger partial charge in [0.15, 0.2) is 11.6 Å². The lowest BCUT2D eigenvalue weighted by Crippen LogP contribution is -2.33. The fraction of sp³-hybridized carbons (Fsp3) is 0.200. The zero-order valence-electron chi connectivity index (χ0n) is 18.7. The van der Waals surface area contributed by atoms with Crippen molar-refractivity contribution in [3.63, 3.8) is 0 Å². The first kappa shape index (κ1) is 23.6. The Morgan fingerprint density at radius 2 is 1.91 bits per heavy atom. The van der Waals surface area contributed by atoms with Crippen LogP contribution in [0.2, 0.25) is 0 Å². The highest BCUT2D eigenvalue weighted by atomic mass is 32.1. The normalized spacial score (nSPS) is 10.9. The molecule has 0 unspecified atom stereocenters. The summed E-state index contributed by atoms with van der Waals surface area (Å²) in [6.45, 7) is 2.64. The maximum Gasteiger partial charge on any atom is 0.264 e. The van der Waals surface area contributed by atoms with Gasteiger partial charge in [-0.15, -0.1) is 11.3 Å². The Kier molecular flexibility index (Phi) is 7.34. The molecule has 0 aliphatic carbocycles. The number of hydrogen-bond acceptors (Lipinski definition) is 5. The predicted molar refractivity (Wildman–Crippen MR) is 126 cm³/mol. The summed E-state index contributed by atoms with van der Waals surface area (Å²) in [4.78, 5) is 15.4. The van der Waals surface area contributed by atoms with Crippen molar-refractivity contribution in [1.82, 2.24) is 14.7 Å². The van der Waals surface area contributed by atoms with E-state index in [2.05, 4.69) is 5.10 Å².